The van der Waals surface area contributed by atoms with E-state index in [2.05, 4.69) is 39.5 Å². The van der Waals surface area contributed by atoms with Crippen LogP contribution in [-0.4, -0.2) is 68.7 Å². The molecule has 1 fully saturated rings. The molecular formula is C24H31N7O2. The van der Waals surface area contributed by atoms with Crippen LogP contribution in [0.5, 0.6) is 5.75 Å². The first kappa shape index (κ1) is 21.6. The summed E-state index contributed by atoms with van der Waals surface area (Å²) in [6.45, 7) is 5.05. The number of amides is 1. The van der Waals surface area contributed by atoms with Gasteiger partial charge in [0.15, 0.2) is 5.65 Å². The molecule has 2 aliphatic rings. The maximum Gasteiger partial charge on any atom is 0.229 e. The third-order valence-corrected chi connectivity index (χ3v) is 6.76. The van der Waals surface area contributed by atoms with Crippen molar-refractivity contribution >= 4 is 28.6 Å². The topological polar surface area (TPSA) is 88.4 Å². The van der Waals surface area contributed by atoms with Gasteiger partial charge < -0.3 is 19.9 Å². The number of piperidine rings is 1. The fraction of sp³-hybridized carbons (Fsp3) is 0.500. The number of ether oxygens (including phenoxy) is 1. The van der Waals surface area contributed by atoms with Gasteiger partial charge in [-0.15, -0.1) is 0 Å². The average molecular weight is 450 g/mol. The summed E-state index contributed by atoms with van der Waals surface area (Å²) in [5.74, 6) is 1.41. The second-order valence-corrected chi connectivity index (χ2v) is 9.10. The SMILES string of the molecule is COc1cc2c(cc1Nc1ncc3cnn(CC4CCCCN4C(C)=O)c3n1)CN(C)CC2. The van der Waals surface area contributed by atoms with Crippen LogP contribution in [0.2, 0.25) is 0 Å². The molecule has 4 heterocycles. The number of carbonyl (C=O) groups is 1. The number of nitrogens with one attached hydrogen (secondary N) is 1. The molecule has 2 aromatic heterocycles. The van der Waals surface area contributed by atoms with Gasteiger partial charge in [0.25, 0.3) is 0 Å². The van der Waals surface area contributed by atoms with Gasteiger partial charge in [0.1, 0.15) is 5.75 Å². The Balaban J connectivity index is 1.42. The number of carbonyl (C=O) groups excluding carboxylic acids is 1. The van der Waals surface area contributed by atoms with E-state index in [-0.39, 0.29) is 11.9 Å². The summed E-state index contributed by atoms with van der Waals surface area (Å²) in [6, 6.07) is 4.40. The summed E-state index contributed by atoms with van der Waals surface area (Å²) in [6.07, 6.45) is 7.76. The van der Waals surface area contributed by atoms with Crippen LogP contribution < -0.4 is 10.1 Å². The fourth-order valence-corrected chi connectivity index (χ4v) is 4.98. The summed E-state index contributed by atoms with van der Waals surface area (Å²) in [5, 5.41) is 8.79. The molecule has 174 valence electrons. The number of methoxy groups -OCH3 is 1. The number of benzene rings is 1. The molecule has 1 N–H and O–H groups in total. The van der Waals surface area contributed by atoms with Crippen LogP contribution >= 0.6 is 0 Å². The predicted molar refractivity (Wildman–Crippen MR) is 127 cm³/mol. The number of likely N-dealkylation sites (tertiary alicyclic amines) is 1. The molecule has 9 heteroatoms. The van der Waals surface area contributed by atoms with Crippen LogP contribution in [-0.2, 0) is 24.3 Å². The van der Waals surface area contributed by atoms with Crippen molar-refractivity contribution < 1.29 is 9.53 Å². The van der Waals surface area contributed by atoms with Crippen LogP contribution in [0.15, 0.2) is 24.5 Å². The monoisotopic (exact) mass is 449 g/mol. The van der Waals surface area contributed by atoms with Crippen molar-refractivity contribution in [1.82, 2.24) is 29.5 Å². The minimum atomic E-state index is 0.123. The Bertz CT molecular complexity index is 1180. The predicted octanol–water partition coefficient (Wildman–Crippen LogP) is 2.97. The molecule has 3 aromatic rings. The quantitative estimate of drug-likeness (QED) is 0.641. The van der Waals surface area contributed by atoms with E-state index in [9.17, 15) is 4.79 Å². The smallest absolute Gasteiger partial charge is 0.229 e. The van der Waals surface area contributed by atoms with E-state index in [1.165, 1.54) is 11.1 Å². The van der Waals surface area contributed by atoms with Crippen LogP contribution in [0, 0.1) is 0 Å². The third kappa shape index (κ3) is 4.37. The number of nitrogens with zero attached hydrogens (tertiary/aromatic N) is 6. The van der Waals surface area contributed by atoms with E-state index in [1.807, 2.05) is 9.58 Å². The number of likely N-dealkylation sites (N-methyl/N-ethyl adjacent to an activating group) is 1. The maximum atomic E-state index is 12.1. The lowest BCUT2D eigenvalue weighted by Crippen LogP contribution is -2.44. The molecule has 33 heavy (non-hydrogen) atoms. The lowest BCUT2D eigenvalue weighted by atomic mass is 9.99. The van der Waals surface area contributed by atoms with Gasteiger partial charge >= 0.3 is 0 Å². The van der Waals surface area contributed by atoms with Crippen LogP contribution in [0.4, 0.5) is 11.6 Å². The molecule has 0 saturated carbocycles. The van der Waals surface area contributed by atoms with Crippen molar-refractivity contribution in [3.63, 3.8) is 0 Å². The highest BCUT2D eigenvalue weighted by Gasteiger charge is 2.26. The van der Waals surface area contributed by atoms with E-state index in [0.717, 1.165) is 67.8 Å². The Morgan fingerprint density at radius 2 is 2.09 bits per heavy atom. The Hall–Kier alpha value is -3.20. The standard InChI is InChI=1S/C24H31N7O2/c1-16(32)30-8-5-4-6-20(30)15-31-23-19(13-26-31)12-25-24(28-23)27-21-10-18-14-29(2)9-7-17(18)11-22(21)33-3/h10-13,20H,4-9,14-15H2,1-3H3,(H,25,27,28). The zero-order chi connectivity index (χ0) is 22.9. The molecule has 9 nitrogen and oxygen atoms in total. The number of fused-ring (bicyclic) bond motifs is 2. The van der Waals surface area contributed by atoms with E-state index < -0.39 is 0 Å². The summed E-state index contributed by atoms with van der Waals surface area (Å²) < 4.78 is 7.55. The van der Waals surface area contributed by atoms with Gasteiger partial charge in [-0.2, -0.15) is 10.1 Å². The molecule has 0 radical (unpaired) electrons. The van der Waals surface area contributed by atoms with Crippen molar-refractivity contribution in [1.29, 1.82) is 0 Å². The van der Waals surface area contributed by atoms with Crippen LogP contribution in [0.25, 0.3) is 11.0 Å². The van der Waals surface area contributed by atoms with E-state index in [4.69, 9.17) is 9.72 Å². The second kappa shape index (κ2) is 8.97. The first-order valence-corrected chi connectivity index (χ1v) is 11.6. The highest BCUT2D eigenvalue weighted by Crippen LogP contribution is 2.33. The molecule has 1 saturated heterocycles. The summed E-state index contributed by atoms with van der Waals surface area (Å²) in [7, 11) is 3.82. The second-order valence-electron chi connectivity index (χ2n) is 9.10. The largest absolute Gasteiger partial charge is 0.495 e. The normalized spacial score (nSPS) is 18.9. The van der Waals surface area contributed by atoms with E-state index in [1.54, 1.807) is 26.4 Å². The summed E-state index contributed by atoms with van der Waals surface area (Å²) in [5.41, 5.74) is 4.23. The van der Waals surface area contributed by atoms with Gasteiger partial charge in [-0.1, -0.05) is 0 Å². The Kier molecular flexibility index (Phi) is 5.88. The molecule has 2 aliphatic heterocycles. The third-order valence-electron chi connectivity index (χ3n) is 6.76. The fourth-order valence-electron chi connectivity index (χ4n) is 4.98. The van der Waals surface area contributed by atoms with Crippen molar-refractivity contribution in [2.45, 2.75) is 51.7 Å². The van der Waals surface area contributed by atoms with Crippen molar-refractivity contribution in [2.75, 3.05) is 32.6 Å². The number of aromatic nitrogens is 4. The van der Waals surface area contributed by atoms with Crippen LogP contribution in [0.3, 0.4) is 0 Å². The van der Waals surface area contributed by atoms with Gasteiger partial charge in [0, 0.05) is 32.8 Å². The highest BCUT2D eigenvalue weighted by molar-refractivity contribution is 5.76. The number of hydrogen-bond donors (Lipinski definition) is 1. The number of anilines is 2. The van der Waals surface area contributed by atoms with Crippen molar-refractivity contribution in [2.24, 2.45) is 0 Å². The molecule has 0 aliphatic carbocycles. The van der Waals surface area contributed by atoms with Gasteiger partial charge in [0.2, 0.25) is 11.9 Å². The van der Waals surface area contributed by atoms with Gasteiger partial charge in [-0.05, 0) is 56.0 Å². The lowest BCUT2D eigenvalue weighted by Gasteiger charge is -2.35. The van der Waals surface area contributed by atoms with Crippen molar-refractivity contribution in [3.8, 4) is 5.75 Å². The molecule has 5 rings (SSSR count). The minimum Gasteiger partial charge on any atom is -0.495 e. The Morgan fingerprint density at radius 1 is 1.21 bits per heavy atom. The molecule has 0 spiro atoms. The molecular weight excluding hydrogens is 418 g/mol. The minimum absolute atomic E-state index is 0.123. The van der Waals surface area contributed by atoms with Crippen molar-refractivity contribution in [3.05, 3.63) is 35.7 Å². The first-order valence-electron chi connectivity index (χ1n) is 11.6. The lowest BCUT2D eigenvalue weighted by molar-refractivity contribution is -0.132. The highest BCUT2D eigenvalue weighted by atomic mass is 16.5. The molecule has 0 bridgehead atoms. The maximum absolute atomic E-state index is 12.1. The Labute approximate surface area is 193 Å². The van der Waals surface area contributed by atoms with Gasteiger partial charge in [-0.3, -0.25) is 4.79 Å². The van der Waals surface area contributed by atoms with E-state index >= 15 is 0 Å². The van der Waals surface area contributed by atoms with E-state index in [0.29, 0.717) is 12.5 Å². The summed E-state index contributed by atoms with van der Waals surface area (Å²) >= 11 is 0. The number of rotatable bonds is 5. The summed E-state index contributed by atoms with van der Waals surface area (Å²) in [4.78, 5) is 25.6. The Morgan fingerprint density at radius 3 is 2.91 bits per heavy atom. The number of hydrogen-bond acceptors (Lipinski definition) is 7. The van der Waals surface area contributed by atoms with Gasteiger partial charge in [-0.25, -0.2) is 9.67 Å². The molecule has 1 aromatic carbocycles. The zero-order valence-electron chi connectivity index (χ0n) is 19.5. The van der Waals surface area contributed by atoms with Crippen LogP contribution in [0.1, 0.15) is 37.3 Å². The zero-order valence-corrected chi connectivity index (χ0v) is 19.5. The molecule has 1 unspecified atom stereocenters. The van der Waals surface area contributed by atoms with Gasteiger partial charge in [0.05, 0.1) is 37.0 Å². The molecule has 1 atom stereocenters. The molecule has 1 amide bonds. The average Bonchev–Trinajstić information content (AvgIpc) is 3.20. The first-order chi connectivity index (χ1) is 16.0.